The summed E-state index contributed by atoms with van der Waals surface area (Å²) >= 11 is 2.00. The smallest absolute Gasteiger partial charge is 0.349 e. The van der Waals surface area contributed by atoms with Crippen molar-refractivity contribution in [2.45, 2.75) is 37.7 Å². The molecule has 0 bridgehead atoms. The standard InChI is InChI=1S/C35H34FIN2O9/c1-46-30-15-21(19-41)14-26(37)32(30)47-29-18-23(33(43)38-10-12-40)17-27(31(29)42)39(11-9-20-5-4-7-24(36)13-20)34(44)25-16-22-6-2-3-8-28(22)48-35(25)45/h2-8,13-16,18,27,29,31,40-42H,9-12,17,19H2,1H3,(H,38,43). The van der Waals surface area contributed by atoms with Crippen LogP contribution < -0.4 is 20.4 Å². The van der Waals surface area contributed by atoms with E-state index < -0.39 is 41.5 Å². The predicted octanol–water partition coefficient (Wildman–Crippen LogP) is 3.34. The Bertz CT molecular complexity index is 1900. The number of carbonyl (C=O) groups is 2. The van der Waals surface area contributed by atoms with Crippen LogP contribution in [0.3, 0.4) is 0 Å². The summed E-state index contributed by atoms with van der Waals surface area (Å²) in [6.07, 6.45) is -1.16. The van der Waals surface area contributed by atoms with Crippen LogP contribution in [0.15, 0.2) is 87.6 Å². The third-order valence-corrected chi connectivity index (χ3v) is 8.80. The number of aliphatic hydroxyl groups is 3. The number of hydrogen-bond acceptors (Lipinski definition) is 9. The van der Waals surface area contributed by atoms with E-state index in [1.54, 1.807) is 42.5 Å². The Morgan fingerprint density at radius 2 is 1.88 bits per heavy atom. The number of para-hydroxylation sites is 1. The van der Waals surface area contributed by atoms with Crippen molar-refractivity contribution in [2.24, 2.45) is 0 Å². The zero-order chi connectivity index (χ0) is 34.4. The summed E-state index contributed by atoms with van der Waals surface area (Å²) in [5.41, 5.74) is 0.420. The van der Waals surface area contributed by atoms with E-state index in [2.05, 4.69) is 5.32 Å². The van der Waals surface area contributed by atoms with Gasteiger partial charge in [0, 0.05) is 30.5 Å². The van der Waals surface area contributed by atoms with E-state index in [1.165, 1.54) is 42.4 Å². The number of methoxy groups -OCH3 is 1. The van der Waals surface area contributed by atoms with Crippen molar-refractivity contribution >= 4 is 45.4 Å². The number of nitrogens with zero attached hydrogens (tertiary/aromatic N) is 1. The molecule has 5 rings (SSSR count). The summed E-state index contributed by atoms with van der Waals surface area (Å²) in [7, 11) is 1.42. The molecular formula is C35H34FIN2O9. The zero-order valence-electron chi connectivity index (χ0n) is 25.9. The Kier molecular flexibility index (Phi) is 11.5. The normalized spacial score (nSPS) is 17.5. The van der Waals surface area contributed by atoms with Crippen LogP contribution in [0.25, 0.3) is 11.0 Å². The molecule has 3 atom stereocenters. The number of carbonyl (C=O) groups excluding carboxylic acids is 2. The van der Waals surface area contributed by atoms with Gasteiger partial charge >= 0.3 is 5.63 Å². The number of ether oxygens (including phenoxy) is 2. The highest BCUT2D eigenvalue weighted by atomic mass is 127. The molecule has 13 heteroatoms. The quantitative estimate of drug-likeness (QED) is 0.125. The minimum atomic E-state index is -1.43. The van der Waals surface area contributed by atoms with E-state index in [1.807, 2.05) is 22.6 Å². The first-order valence-corrected chi connectivity index (χ1v) is 16.2. The predicted molar refractivity (Wildman–Crippen MR) is 182 cm³/mol. The summed E-state index contributed by atoms with van der Waals surface area (Å²) in [6, 6.07) is 16.1. The number of amides is 2. The number of hydrogen-bond donors (Lipinski definition) is 4. The molecule has 0 spiro atoms. The molecule has 0 aliphatic heterocycles. The van der Waals surface area contributed by atoms with Crippen LogP contribution in [-0.2, 0) is 17.8 Å². The van der Waals surface area contributed by atoms with Gasteiger partial charge in [0.05, 0.1) is 29.9 Å². The van der Waals surface area contributed by atoms with Crippen molar-refractivity contribution in [1.29, 1.82) is 0 Å². The fourth-order valence-electron chi connectivity index (χ4n) is 5.62. The Labute approximate surface area is 288 Å². The zero-order valence-corrected chi connectivity index (χ0v) is 28.1. The summed E-state index contributed by atoms with van der Waals surface area (Å²) in [5.74, 6) is -1.26. The van der Waals surface area contributed by atoms with Crippen molar-refractivity contribution < 1.29 is 43.2 Å². The van der Waals surface area contributed by atoms with Crippen LogP contribution >= 0.6 is 22.6 Å². The molecule has 3 aromatic carbocycles. The monoisotopic (exact) mass is 772 g/mol. The second kappa shape index (κ2) is 15.7. The Morgan fingerprint density at radius 3 is 2.60 bits per heavy atom. The molecule has 0 fully saturated rings. The van der Waals surface area contributed by atoms with Gasteiger partial charge in [-0.3, -0.25) is 9.59 Å². The number of fused-ring (bicyclic) bond motifs is 1. The summed E-state index contributed by atoms with van der Waals surface area (Å²) in [5, 5.41) is 34.0. The maximum absolute atomic E-state index is 14.3. The van der Waals surface area contributed by atoms with E-state index in [0.717, 1.165) is 0 Å². The van der Waals surface area contributed by atoms with Gasteiger partial charge < -0.3 is 39.4 Å². The molecule has 0 radical (unpaired) electrons. The number of benzene rings is 3. The SMILES string of the molecule is COc1cc(CO)cc(I)c1OC1C=C(C(=O)NCCO)CC(N(CCc2cccc(F)c2)C(=O)c2cc3ccccc3oc2=O)C1O. The lowest BCUT2D eigenvalue weighted by Crippen LogP contribution is -2.56. The molecule has 3 unspecified atom stereocenters. The van der Waals surface area contributed by atoms with Crippen molar-refractivity contribution in [3.05, 3.63) is 115 Å². The van der Waals surface area contributed by atoms with Crippen LogP contribution in [0.1, 0.15) is 27.9 Å². The third kappa shape index (κ3) is 7.86. The van der Waals surface area contributed by atoms with Gasteiger partial charge in [0.2, 0.25) is 5.91 Å². The molecule has 0 saturated heterocycles. The van der Waals surface area contributed by atoms with Gasteiger partial charge in [-0.15, -0.1) is 0 Å². The maximum Gasteiger partial charge on any atom is 0.349 e. The lowest BCUT2D eigenvalue weighted by Gasteiger charge is -2.40. The molecule has 1 aliphatic rings. The Morgan fingerprint density at radius 1 is 1.08 bits per heavy atom. The molecule has 1 aliphatic carbocycles. The van der Waals surface area contributed by atoms with Crippen LogP contribution in [0, 0.1) is 9.39 Å². The first kappa shape index (κ1) is 35.0. The third-order valence-electron chi connectivity index (χ3n) is 8.00. The fraction of sp³-hybridized carbons (Fsp3) is 0.286. The lowest BCUT2D eigenvalue weighted by atomic mass is 9.87. The molecule has 252 valence electrons. The highest BCUT2D eigenvalue weighted by molar-refractivity contribution is 14.1. The topological polar surface area (TPSA) is 159 Å². The van der Waals surface area contributed by atoms with Gasteiger partial charge in [0.15, 0.2) is 11.5 Å². The Balaban J connectivity index is 1.58. The van der Waals surface area contributed by atoms with E-state index >= 15 is 0 Å². The minimum absolute atomic E-state index is 0.0381. The van der Waals surface area contributed by atoms with Crippen molar-refractivity contribution in [3.8, 4) is 11.5 Å². The molecule has 1 heterocycles. The van der Waals surface area contributed by atoms with Crippen LogP contribution in [0.2, 0.25) is 0 Å². The van der Waals surface area contributed by atoms with Crippen LogP contribution in [-0.4, -0.2) is 77.1 Å². The van der Waals surface area contributed by atoms with Gasteiger partial charge in [-0.05, 0) is 82.6 Å². The number of halogens is 2. The van der Waals surface area contributed by atoms with E-state index in [9.17, 15) is 34.1 Å². The first-order chi connectivity index (χ1) is 23.1. The van der Waals surface area contributed by atoms with Gasteiger partial charge in [0.25, 0.3) is 5.91 Å². The van der Waals surface area contributed by atoms with Gasteiger partial charge in [-0.2, -0.15) is 0 Å². The molecular weight excluding hydrogens is 738 g/mol. The van der Waals surface area contributed by atoms with E-state index in [0.29, 0.717) is 20.1 Å². The summed E-state index contributed by atoms with van der Waals surface area (Å²) in [6.45, 7) is -0.668. The van der Waals surface area contributed by atoms with Crippen molar-refractivity contribution in [3.63, 3.8) is 0 Å². The molecule has 1 aromatic heterocycles. The second-order valence-electron chi connectivity index (χ2n) is 11.1. The molecule has 2 amide bonds. The largest absolute Gasteiger partial charge is 0.493 e. The molecule has 11 nitrogen and oxygen atoms in total. The fourth-order valence-corrected chi connectivity index (χ4v) is 6.41. The average molecular weight is 773 g/mol. The van der Waals surface area contributed by atoms with Crippen LogP contribution in [0.5, 0.6) is 11.5 Å². The minimum Gasteiger partial charge on any atom is -0.493 e. The second-order valence-corrected chi connectivity index (χ2v) is 12.3. The van der Waals surface area contributed by atoms with Crippen molar-refractivity contribution in [2.75, 3.05) is 26.8 Å². The highest BCUT2D eigenvalue weighted by Gasteiger charge is 2.41. The molecule has 0 saturated carbocycles. The van der Waals surface area contributed by atoms with Gasteiger partial charge in [0.1, 0.15) is 29.2 Å². The number of rotatable bonds is 12. The number of nitrogens with one attached hydrogen (secondary N) is 1. The van der Waals surface area contributed by atoms with Crippen molar-refractivity contribution in [1.82, 2.24) is 10.2 Å². The Hall–Kier alpha value is -4.31. The van der Waals surface area contributed by atoms with Gasteiger partial charge in [-0.25, -0.2) is 9.18 Å². The average Bonchev–Trinajstić information content (AvgIpc) is 3.08. The van der Waals surface area contributed by atoms with Crippen LogP contribution in [0.4, 0.5) is 4.39 Å². The summed E-state index contributed by atoms with van der Waals surface area (Å²) < 4.78 is 31.9. The molecule has 48 heavy (non-hydrogen) atoms. The first-order valence-electron chi connectivity index (χ1n) is 15.1. The van der Waals surface area contributed by atoms with Gasteiger partial charge in [-0.1, -0.05) is 30.3 Å². The highest BCUT2D eigenvalue weighted by Crippen LogP contribution is 2.37. The van der Waals surface area contributed by atoms with E-state index in [-0.39, 0.29) is 67.4 Å². The lowest BCUT2D eigenvalue weighted by molar-refractivity contribution is -0.118. The van der Waals surface area contributed by atoms with E-state index in [4.69, 9.17) is 13.9 Å². The number of aliphatic hydroxyl groups excluding tert-OH is 3. The summed E-state index contributed by atoms with van der Waals surface area (Å²) in [4.78, 5) is 42.0. The molecule has 4 N–H and O–H groups in total. The maximum atomic E-state index is 14.3. The molecule has 4 aromatic rings.